The zero-order chi connectivity index (χ0) is 15.3. The number of para-hydroxylation sites is 1. The fourth-order valence-corrected chi connectivity index (χ4v) is 2.05. The van der Waals surface area contributed by atoms with E-state index in [4.69, 9.17) is 18.0 Å². The molecule has 0 aliphatic carbocycles. The maximum atomic E-state index is 12.5. The summed E-state index contributed by atoms with van der Waals surface area (Å²) in [6.07, 6.45) is 0.486. The number of phenols is 1. The van der Waals surface area contributed by atoms with Gasteiger partial charge in [0.05, 0.1) is 10.6 Å². The SMILES string of the molecule is Cc1cccc(C(=O)N(CCC(N)=S)CC(C)C)c1O. The molecule has 1 rings (SSSR count). The van der Waals surface area contributed by atoms with E-state index in [1.165, 1.54) is 0 Å². The van der Waals surface area contributed by atoms with Crippen molar-refractivity contribution in [3.63, 3.8) is 0 Å². The van der Waals surface area contributed by atoms with Crippen molar-refractivity contribution in [1.82, 2.24) is 4.90 Å². The minimum absolute atomic E-state index is 0.0431. The van der Waals surface area contributed by atoms with E-state index in [2.05, 4.69) is 0 Å². The monoisotopic (exact) mass is 294 g/mol. The number of nitrogens with zero attached hydrogens (tertiary/aromatic N) is 1. The first kappa shape index (κ1) is 16.4. The van der Waals surface area contributed by atoms with Crippen LogP contribution in [0.4, 0.5) is 0 Å². The van der Waals surface area contributed by atoms with Crippen LogP contribution < -0.4 is 5.73 Å². The molecule has 0 aliphatic rings. The molecule has 0 atom stereocenters. The Morgan fingerprint density at radius 2 is 2.10 bits per heavy atom. The number of carbonyl (C=O) groups is 1. The van der Waals surface area contributed by atoms with Gasteiger partial charge < -0.3 is 15.7 Å². The summed E-state index contributed by atoms with van der Waals surface area (Å²) in [5.41, 5.74) is 6.53. The molecule has 1 aromatic carbocycles. The van der Waals surface area contributed by atoms with Gasteiger partial charge in [-0.05, 0) is 24.5 Å². The highest BCUT2D eigenvalue weighted by Crippen LogP contribution is 2.23. The second kappa shape index (κ2) is 7.24. The van der Waals surface area contributed by atoms with Crippen LogP contribution in [-0.2, 0) is 0 Å². The van der Waals surface area contributed by atoms with Gasteiger partial charge in [-0.15, -0.1) is 0 Å². The Morgan fingerprint density at radius 1 is 1.45 bits per heavy atom. The Kier molecular flexibility index (Phi) is 5.95. The van der Waals surface area contributed by atoms with Crippen molar-refractivity contribution in [1.29, 1.82) is 0 Å². The van der Waals surface area contributed by atoms with E-state index >= 15 is 0 Å². The number of aryl methyl sites for hydroxylation is 1. The highest BCUT2D eigenvalue weighted by Gasteiger charge is 2.20. The van der Waals surface area contributed by atoms with Crippen LogP contribution in [0.25, 0.3) is 0 Å². The van der Waals surface area contributed by atoms with Crippen molar-refractivity contribution in [3.8, 4) is 5.75 Å². The smallest absolute Gasteiger partial charge is 0.257 e. The maximum Gasteiger partial charge on any atom is 0.257 e. The summed E-state index contributed by atoms with van der Waals surface area (Å²) in [6, 6.07) is 5.18. The molecule has 3 N–H and O–H groups in total. The molecule has 5 heteroatoms. The average Bonchev–Trinajstić information content (AvgIpc) is 2.36. The molecule has 0 bridgehead atoms. The van der Waals surface area contributed by atoms with Gasteiger partial charge in [-0.1, -0.05) is 38.2 Å². The van der Waals surface area contributed by atoms with Crippen LogP contribution in [0.15, 0.2) is 18.2 Å². The summed E-state index contributed by atoms with van der Waals surface area (Å²) in [6.45, 7) is 6.93. The van der Waals surface area contributed by atoms with E-state index in [-0.39, 0.29) is 11.7 Å². The lowest BCUT2D eigenvalue weighted by atomic mass is 10.1. The van der Waals surface area contributed by atoms with Crippen LogP contribution in [0.3, 0.4) is 0 Å². The van der Waals surface area contributed by atoms with Crippen molar-refractivity contribution >= 4 is 23.1 Å². The number of phenolic OH excluding ortho intramolecular Hbond substituents is 1. The van der Waals surface area contributed by atoms with E-state index < -0.39 is 0 Å². The number of carbonyl (C=O) groups excluding carboxylic acids is 1. The number of hydrogen-bond donors (Lipinski definition) is 2. The number of thiocarbonyl (C=S) groups is 1. The number of aromatic hydroxyl groups is 1. The Bertz CT molecular complexity index is 501. The molecule has 1 amide bonds. The molecule has 0 spiro atoms. The van der Waals surface area contributed by atoms with Gasteiger partial charge in [0.15, 0.2) is 0 Å². The largest absolute Gasteiger partial charge is 0.507 e. The van der Waals surface area contributed by atoms with Gasteiger partial charge >= 0.3 is 0 Å². The lowest BCUT2D eigenvalue weighted by Gasteiger charge is -2.25. The van der Waals surface area contributed by atoms with Gasteiger partial charge in [0.1, 0.15) is 5.75 Å². The Balaban J connectivity index is 2.96. The van der Waals surface area contributed by atoms with Crippen LogP contribution >= 0.6 is 12.2 Å². The topological polar surface area (TPSA) is 66.6 Å². The lowest BCUT2D eigenvalue weighted by Crippen LogP contribution is -2.36. The number of hydrogen-bond acceptors (Lipinski definition) is 3. The first-order chi connectivity index (χ1) is 9.32. The summed E-state index contributed by atoms with van der Waals surface area (Å²) in [4.78, 5) is 14.6. The molecule has 0 aliphatic heterocycles. The van der Waals surface area contributed by atoms with Gasteiger partial charge in [0.25, 0.3) is 5.91 Å². The van der Waals surface area contributed by atoms with Gasteiger partial charge in [-0.25, -0.2) is 0 Å². The predicted molar refractivity (Wildman–Crippen MR) is 85.0 cm³/mol. The second-order valence-corrected chi connectivity index (χ2v) is 5.86. The summed E-state index contributed by atoms with van der Waals surface area (Å²) < 4.78 is 0. The molecule has 20 heavy (non-hydrogen) atoms. The second-order valence-electron chi connectivity index (χ2n) is 5.33. The Hall–Kier alpha value is -1.62. The molecule has 0 radical (unpaired) electrons. The lowest BCUT2D eigenvalue weighted by molar-refractivity contribution is 0.0738. The molecule has 1 aromatic rings. The van der Waals surface area contributed by atoms with Crippen LogP contribution in [0, 0.1) is 12.8 Å². The van der Waals surface area contributed by atoms with Crippen LogP contribution in [-0.4, -0.2) is 34.0 Å². The number of rotatable bonds is 6. The van der Waals surface area contributed by atoms with Crippen molar-refractivity contribution in [2.45, 2.75) is 27.2 Å². The van der Waals surface area contributed by atoms with E-state index in [0.717, 1.165) is 0 Å². The zero-order valence-electron chi connectivity index (χ0n) is 12.2. The minimum Gasteiger partial charge on any atom is -0.507 e. The summed E-state index contributed by atoms with van der Waals surface area (Å²) in [7, 11) is 0. The highest BCUT2D eigenvalue weighted by atomic mass is 32.1. The minimum atomic E-state index is -0.184. The predicted octanol–water partition coefficient (Wildman–Crippen LogP) is 2.48. The molecule has 0 aromatic heterocycles. The van der Waals surface area contributed by atoms with E-state index in [1.807, 2.05) is 13.8 Å². The zero-order valence-corrected chi connectivity index (χ0v) is 13.0. The standard InChI is InChI=1S/C15H22N2O2S/c1-10(2)9-17(8-7-13(16)20)15(19)12-6-4-5-11(3)14(12)18/h4-6,10,18H,7-9H2,1-3H3,(H2,16,20). The molecule has 110 valence electrons. The first-order valence-electron chi connectivity index (χ1n) is 6.69. The normalized spacial score (nSPS) is 10.6. The highest BCUT2D eigenvalue weighted by molar-refractivity contribution is 7.80. The van der Waals surface area contributed by atoms with Crippen molar-refractivity contribution in [2.75, 3.05) is 13.1 Å². The van der Waals surface area contributed by atoms with Gasteiger partial charge in [0.2, 0.25) is 0 Å². The molecule has 0 fully saturated rings. The van der Waals surface area contributed by atoms with Gasteiger partial charge in [-0.3, -0.25) is 4.79 Å². The third kappa shape index (κ3) is 4.49. The Morgan fingerprint density at radius 3 is 2.65 bits per heavy atom. The van der Waals surface area contributed by atoms with Crippen LogP contribution in [0.1, 0.15) is 36.2 Å². The molecule has 0 unspecified atom stereocenters. The summed E-state index contributed by atoms with van der Waals surface area (Å²) in [5, 5.41) is 10.0. The van der Waals surface area contributed by atoms with E-state index in [1.54, 1.807) is 30.0 Å². The number of amides is 1. The van der Waals surface area contributed by atoms with Crippen LogP contribution in [0.2, 0.25) is 0 Å². The fourth-order valence-electron chi connectivity index (χ4n) is 1.96. The van der Waals surface area contributed by atoms with E-state index in [0.29, 0.717) is 41.5 Å². The quantitative estimate of drug-likeness (QED) is 0.791. The number of benzene rings is 1. The molecule has 0 saturated heterocycles. The van der Waals surface area contributed by atoms with Crippen molar-refractivity contribution in [2.24, 2.45) is 11.7 Å². The molecular formula is C15H22N2O2S. The maximum absolute atomic E-state index is 12.5. The van der Waals surface area contributed by atoms with Gasteiger partial charge in [0, 0.05) is 19.5 Å². The van der Waals surface area contributed by atoms with Crippen molar-refractivity contribution in [3.05, 3.63) is 29.3 Å². The van der Waals surface area contributed by atoms with Crippen molar-refractivity contribution < 1.29 is 9.90 Å². The molecule has 0 heterocycles. The summed E-state index contributed by atoms with van der Waals surface area (Å²) >= 11 is 4.87. The van der Waals surface area contributed by atoms with Crippen LogP contribution in [0.5, 0.6) is 5.75 Å². The molecular weight excluding hydrogens is 272 g/mol. The van der Waals surface area contributed by atoms with Gasteiger partial charge in [-0.2, -0.15) is 0 Å². The fraction of sp³-hybridized carbons (Fsp3) is 0.467. The first-order valence-corrected chi connectivity index (χ1v) is 7.10. The third-order valence-corrected chi connectivity index (χ3v) is 3.17. The third-order valence-electron chi connectivity index (χ3n) is 2.97. The Labute approximate surface area is 125 Å². The molecule has 4 nitrogen and oxygen atoms in total. The molecule has 0 saturated carbocycles. The number of nitrogens with two attached hydrogens (primary N) is 1. The van der Waals surface area contributed by atoms with E-state index in [9.17, 15) is 9.90 Å². The summed E-state index contributed by atoms with van der Waals surface area (Å²) in [5.74, 6) is 0.190. The average molecular weight is 294 g/mol.